The third-order valence-electron chi connectivity index (χ3n) is 3.07. The highest BCUT2D eigenvalue weighted by atomic mass is 16.5. The summed E-state index contributed by atoms with van der Waals surface area (Å²) >= 11 is 0. The first-order valence-electron chi connectivity index (χ1n) is 6.89. The maximum Gasteiger partial charge on any atom is 0.325 e. The molecule has 2 atom stereocenters. The monoisotopic (exact) mass is 259 g/mol. The van der Waals surface area contributed by atoms with Gasteiger partial charge in [0.2, 0.25) is 0 Å². The first kappa shape index (κ1) is 17.4. The van der Waals surface area contributed by atoms with Gasteiger partial charge in [0, 0.05) is 13.2 Å². The lowest BCUT2D eigenvalue weighted by atomic mass is 9.96. The van der Waals surface area contributed by atoms with Crippen LogP contribution in [0.1, 0.15) is 52.9 Å². The maximum atomic E-state index is 11.3. The van der Waals surface area contributed by atoms with Crippen LogP contribution in [-0.2, 0) is 14.3 Å². The predicted octanol–water partition coefficient (Wildman–Crippen LogP) is 2.50. The van der Waals surface area contributed by atoms with Crippen molar-refractivity contribution in [3.8, 4) is 0 Å². The summed E-state index contributed by atoms with van der Waals surface area (Å²) in [5.41, 5.74) is 4.99. The molecule has 108 valence electrons. The topological polar surface area (TPSA) is 61.5 Å². The molecule has 0 spiro atoms. The Hall–Kier alpha value is -0.610. The van der Waals surface area contributed by atoms with Gasteiger partial charge in [-0.25, -0.2) is 0 Å². The van der Waals surface area contributed by atoms with E-state index < -0.39 is 5.54 Å². The molecule has 4 heteroatoms. The standard InChI is InChI=1S/C14H29NO3/c1-5-8-12(2)11-18-10-7-6-9-14(3,15)13(16)17-4/h12H,5-11,15H2,1-4H3. The summed E-state index contributed by atoms with van der Waals surface area (Å²) in [4.78, 5) is 11.3. The molecule has 0 aliphatic heterocycles. The van der Waals surface area contributed by atoms with E-state index in [1.54, 1.807) is 6.92 Å². The Bertz CT molecular complexity index is 229. The van der Waals surface area contributed by atoms with Crippen LogP contribution < -0.4 is 5.73 Å². The van der Waals surface area contributed by atoms with Crippen LogP contribution in [0.15, 0.2) is 0 Å². The number of hydrogen-bond donors (Lipinski definition) is 1. The van der Waals surface area contributed by atoms with Gasteiger partial charge in [-0.2, -0.15) is 0 Å². The van der Waals surface area contributed by atoms with Gasteiger partial charge in [-0.1, -0.05) is 20.3 Å². The van der Waals surface area contributed by atoms with Crippen LogP contribution >= 0.6 is 0 Å². The molecule has 0 aromatic carbocycles. The Balaban J connectivity index is 3.54. The third-order valence-corrected chi connectivity index (χ3v) is 3.07. The minimum atomic E-state index is -0.871. The van der Waals surface area contributed by atoms with E-state index in [2.05, 4.69) is 18.6 Å². The molecule has 2 N–H and O–H groups in total. The Morgan fingerprint density at radius 3 is 2.61 bits per heavy atom. The molecule has 0 saturated carbocycles. The molecular weight excluding hydrogens is 230 g/mol. The molecule has 0 aromatic heterocycles. The van der Waals surface area contributed by atoms with E-state index in [9.17, 15) is 4.79 Å². The van der Waals surface area contributed by atoms with E-state index >= 15 is 0 Å². The summed E-state index contributed by atoms with van der Waals surface area (Å²) < 4.78 is 10.2. The Morgan fingerprint density at radius 2 is 2.06 bits per heavy atom. The molecular formula is C14H29NO3. The molecule has 0 bridgehead atoms. The van der Waals surface area contributed by atoms with Crippen molar-refractivity contribution in [2.45, 2.75) is 58.4 Å². The molecule has 18 heavy (non-hydrogen) atoms. The number of hydrogen-bond acceptors (Lipinski definition) is 4. The molecule has 2 unspecified atom stereocenters. The van der Waals surface area contributed by atoms with E-state index in [0.29, 0.717) is 12.3 Å². The fourth-order valence-corrected chi connectivity index (χ4v) is 1.89. The minimum absolute atomic E-state index is 0.347. The SMILES string of the molecule is CCCC(C)COCCCCC(C)(N)C(=O)OC. The number of esters is 1. The Morgan fingerprint density at radius 1 is 1.39 bits per heavy atom. The summed E-state index contributed by atoms with van der Waals surface area (Å²) in [7, 11) is 1.37. The van der Waals surface area contributed by atoms with Crippen LogP contribution in [0.25, 0.3) is 0 Å². The zero-order valence-corrected chi connectivity index (χ0v) is 12.3. The van der Waals surface area contributed by atoms with E-state index in [4.69, 9.17) is 10.5 Å². The van der Waals surface area contributed by atoms with Crippen molar-refractivity contribution >= 4 is 5.97 Å². The van der Waals surface area contributed by atoms with Crippen LogP contribution in [0.5, 0.6) is 0 Å². The summed E-state index contributed by atoms with van der Waals surface area (Å²) in [6.07, 6.45) is 4.86. The smallest absolute Gasteiger partial charge is 0.325 e. The maximum absolute atomic E-state index is 11.3. The van der Waals surface area contributed by atoms with Crippen LogP contribution in [0.3, 0.4) is 0 Å². The quantitative estimate of drug-likeness (QED) is 0.483. The lowest BCUT2D eigenvalue weighted by Gasteiger charge is -2.21. The Kier molecular flexibility index (Phi) is 9.02. The summed E-state index contributed by atoms with van der Waals surface area (Å²) in [6.45, 7) is 7.67. The van der Waals surface area contributed by atoms with Crippen molar-refractivity contribution in [3.63, 3.8) is 0 Å². The summed E-state index contributed by atoms with van der Waals surface area (Å²) in [5, 5.41) is 0. The van der Waals surface area contributed by atoms with Gasteiger partial charge < -0.3 is 15.2 Å². The first-order valence-corrected chi connectivity index (χ1v) is 6.89. The molecule has 4 nitrogen and oxygen atoms in total. The van der Waals surface area contributed by atoms with Crippen LogP contribution in [0.4, 0.5) is 0 Å². The lowest BCUT2D eigenvalue weighted by molar-refractivity contribution is -0.146. The molecule has 0 aliphatic rings. The van der Waals surface area contributed by atoms with Gasteiger partial charge in [-0.15, -0.1) is 0 Å². The lowest BCUT2D eigenvalue weighted by Crippen LogP contribution is -2.45. The van der Waals surface area contributed by atoms with Gasteiger partial charge in [0.1, 0.15) is 5.54 Å². The number of nitrogens with two attached hydrogens (primary N) is 1. The van der Waals surface area contributed by atoms with Crippen molar-refractivity contribution < 1.29 is 14.3 Å². The van der Waals surface area contributed by atoms with Crippen molar-refractivity contribution in [1.82, 2.24) is 0 Å². The molecule has 0 rings (SSSR count). The average molecular weight is 259 g/mol. The number of ether oxygens (including phenoxy) is 2. The van der Waals surface area contributed by atoms with Gasteiger partial charge >= 0.3 is 5.97 Å². The molecule has 0 aliphatic carbocycles. The highest BCUT2D eigenvalue weighted by Crippen LogP contribution is 2.13. The van der Waals surface area contributed by atoms with Gasteiger partial charge in [0.15, 0.2) is 0 Å². The van der Waals surface area contributed by atoms with Gasteiger partial charge in [-0.3, -0.25) is 4.79 Å². The van der Waals surface area contributed by atoms with E-state index in [-0.39, 0.29) is 5.97 Å². The van der Waals surface area contributed by atoms with Crippen LogP contribution in [0, 0.1) is 5.92 Å². The van der Waals surface area contributed by atoms with Crippen molar-refractivity contribution in [2.24, 2.45) is 11.7 Å². The zero-order chi connectivity index (χ0) is 14.0. The van der Waals surface area contributed by atoms with E-state index in [1.165, 1.54) is 20.0 Å². The average Bonchev–Trinajstić information content (AvgIpc) is 2.32. The number of rotatable bonds is 10. The second-order valence-corrected chi connectivity index (χ2v) is 5.33. The molecule has 0 radical (unpaired) electrons. The zero-order valence-electron chi connectivity index (χ0n) is 12.3. The largest absolute Gasteiger partial charge is 0.468 e. The number of unbranched alkanes of at least 4 members (excludes halogenated alkanes) is 1. The molecule has 0 heterocycles. The van der Waals surface area contributed by atoms with Gasteiger partial charge in [-0.05, 0) is 38.5 Å². The number of carbonyl (C=O) groups is 1. The van der Waals surface area contributed by atoms with Gasteiger partial charge in [0.25, 0.3) is 0 Å². The predicted molar refractivity (Wildman–Crippen MR) is 73.4 cm³/mol. The molecule has 0 fully saturated rings. The normalized spacial score (nSPS) is 16.1. The van der Waals surface area contributed by atoms with E-state index in [0.717, 1.165) is 26.1 Å². The first-order chi connectivity index (χ1) is 8.44. The van der Waals surface area contributed by atoms with E-state index in [1.807, 2.05) is 0 Å². The molecule has 0 saturated heterocycles. The Labute approximate surface area is 111 Å². The minimum Gasteiger partial charge on any atom is -0.468 e. The van der Waals surface area contributed by atoms with Crippen molar-refractivity contribution in [1.29, 1.82) is 0 Å². The molecule has 0 aromatic rings. The number of methoxy groups -OCH3 is 1. The third kappa shape index (κ3) is 7.67. The van der Waals surface area contributed by atoms with Gasteiger partial charge in [0.05, 0.1) is 7.11 Å². The van der Waals surface area contributed by atoms with Crippen LogP contribution in [-0.4, -0.2) is 31.8 Å². The second kappa shape index (κ2) is 9.34. The van der Waals surface area contributed by atoms with Crippen molar-refractivity contribution in [2.75, 3.05) is 20.3 Å². The highest BCUT2D eigenvalue weighted by Gasteiger charge is 2.28. The number of carbonyl (C=O) groups excluding carboxylic acids is 1. The second-order valence-electron chi connectivity index (χ2n) is 5.33. The fraction of sp³-hybridized carbons (Fsp3) is 0.929. The summed E-state index contributed by atoms with van der Waals surface area (Å²) in [5.74, 6) is 0.282. The highest BCUT2D eigenvalue weighted by molar-refractivity contribution is 5.79. The summed E-state index contributed by atoms with van der Waals surface area (Å²) in [6, 6.07) is 0. The van der Waals surface area contributed by atoms with Crippen molar-refractivity contribution in [3.05, 3.63) is 0 Å². The fourth-order valence-electron chi connectivity index (χ4n) is 1.89. The van der Waals surface area contributed by atoms with Crippen LogP contribution in [0.2, 0.25) is 0 Å². The molecule has 0 amide bonds.